The van der Waals surface area contributed by atoms with Gasteiger partial charge < -0.3 is 64.3 Å². The van der Waals surface area contributed by atoms with E-state index < -0.39 is 50.3 Å². The number of amides is 6. The first-order valence-electron chi connectivity index (χ1n) is 48.0. The van der Waals surface area contributed by atoms with Crippen molar-refractivity contribution in [2.45, 2.75) is 376 Å². The summed E-state index contributed by atoms with van der Waals surface area (Å²) in [6.45, 7) is 17.8. The van der Waals surface area contributed by atoms with Gasteiger partial charge in [0.15, 0.2) is 23.2 Å². The zero-order valence-electron chi connectivity index (χ0n) is 79.9. The van der Waals surface area contributed by atoms with Crippen LogP contribution in [-0.2, 0) is 114 Å². The number of ketones is 3. The molecule has 2 rings (SSSR count). The van der Waals surface area contributed by atoms with Crippen molar-refractivity contribution < 1.29 is 108 Å². The number of aryl methyl sites for hydroxylation is 2. The van der Waals surface area contributed by atoms with Crippen molar-refractivity contribution >= 4 is 84.8 Å². The van der Waals surface area contributed by atoms with Gasteiger partial charge in [-0.15, -0.1) is 20.4 Å². The fraction of sp³-hybridized carbons (Fsp3) is 0.856. The molecular formula is C90H170N14O23S2. The number of carbonyl (C=O) groups excluding carboxylic acids is 9. The molecule has 0 saturated carbocycles. The number of aromatic nitrogens is 8. The van der Waals surface area contributed by atoms with Crippen LogP contribution in [0.2, 0.25) is 0 Å². The number of hydrogen-bond acceptors (Lipinski definition) is 27. The number of tetrazole rings is 2. The number of carboxylic acid groups (broad SMARTS) is 2. The lowest BCUT2D eigenvalue weighted by Crippen LogP contribution is -2.39. The van der Waals surface area contributed by atoms with Crippen LogP contribution in [0.1, 0.15) is 375 Å². The summed E-state index contributed by atoms with van der Waals surface area (Å²) >= 11 is 0. The number of carbonyl (C=O) groups is 11. The Morgan fingerprint density at radius 3 is 0.977 bits per heavy atom. The van der Waals surface area contributed by atoms with Crippen molar-refractivity contribution in [1.29, 1.82) is 0 Å². The number of nitrogens with zero attached hydrogens (tertiary/aromatic N) is 7. The van der Waals surface area contributed by atoms with Gasteiger partial charge in [0, 0.05) is 111 Å². The van der Waals surface area contributed by atoms with Gasteiger partial charge in [0.2, 0.25) is 55.5 Å². The number of carboxylic acids is 2. The summed E-state index contributed by atoms with van der Waals surface area (Å²) in [7, 11) is -7.31. The highest BCUT2D eigenvalue weighted by atomic mass is 32.2. The highest BCUT2D eigenvalue weighted by Gasteiger charge is 2.20. The highest BCUT2D eigenvalue weighted by molar-refractivity contribution is 7.90. The minimum atomic E-state index is -3.70. The second kappa shape index (κ2) is 93.8. The Labute approximate surface area is 771 Å². The van der Waals surface area contributed by atoms with Crippen LogP contribution < -0.4 is 25.4 Å². The summed E-state index contributed by atoms with van der Waals surface area (Å²) in [6, 6.07) is 0. The van der Waals surface area contributed by atoms with Crippen molar-refractivity contribution in [3.63, 3.8) is 0 Å². The third-order valence-corrected chi connectivity index (χ3v) is 22.5. The average Bonchev–Trinajstić information content (AvgIpc) is 1.59. The maximum Gasteiger partial charge on any atom is 0.323 e. The monoisotopic (exact) mass is 1880 g/mol. The number of sulfonamides is 2. The summed E-state index contributed by atoms with van der Waals surface area (Å²) in [6.07, 6.45) is 49.3. The van der Waals surface area contributed by atoms with E-state index in [2.05, 4.69) is 66.6 Å². The van der Waals surface area contributed by atoms with E-state index in [4.69, 9.17) is 38.6 Å². The molecule has 0 bridgehead atoms. The van der Waals surface area contributed by atoms with Gasteiger partial charge in [-0.2, -0.15) is 10.4 Å². The summed E-state index contributed by atoms with van der Waals surface area (Å²) in [5.74, 6) is -2.20. The number of Topliss-reactive ketones (excluding diaryl/α,β-unsaturated/α-hetero) is 3. The zero-order valence-corrected chi connectivity index (χ0v) is 81.5. The molecule has 2 aromatic rings. The SMILES string of the molecule is CC(=O)CCCS(=O)(=O)NC(=O)CCCCCCCCCCCCCCCc1nn[nH]n1.CC(=O)COCCOCCNC(C)=O.CCOCC(C)=O.CCOCCNC(=O)CCCS(=O)(=O)NC(=O)CCCCCCCCCCCCCCCc1nn[nH]n1.CCOCCOCCNC(=O)CCN(CC(=O)O)C(=O)CCCCCCCCCCCCCCCCC(=O)O. The highest BCUT2D eigenvalue weighted by Crippen LogP contribution is 2.18. The molecule has 0 aromatic carbocycles. The van der Waals surface area contributed by atoms with E-state index in [1.54, 1.807) is 0 Å². The summed E-state index contributed by atoms with van der Waals surface area (Å²) in [5.41, 5.74) is 0. The average molecular weight is 1880 g/mol. The molecule has 0 aliphatic rings. The van der Waals surface area contributed by atoms with Crippen LogP contribution in [0, 0.1) is 0 Å². The van der Waals surface area contributed by atoms with Crippen molar-refractivity contribution in [1.82, 2.24) is 71.5 Å². The van der Waals surface area contributed by atoms with Gasteiger partial charge in [0.05, 0.1) is 57.8 Å². The van der Waals surface area contributed by atoms with Crippen LogP contribution in [0.4, 0.5) is 0 Å². The van der Waals surface area contributed by atoms with Crippen LogP contribution in [0.15, 0.2) is 0 Å². The van der Waals surface area contributed by atoms with Crippen molar-refractivity contribution in [2.75, 3.05) is 124 Å². The number of nitrogens with one attached hydrogen (secondary N) is 7. The van der Waals surface area contributed by atoms with E-state index in [-0.39, 0.29) is 124 Å². The van der Waals surface area contributed by atoms with Gasteiger partial charge in [-0.05, 0) is 92.9 Å². The molecule has 750 valence electrons. The van der Waals surface area contributed by atoms with E-state index in [1.807, 2.05) is 20.8 Å². The number of hydrogen-bond donors (Lipinski definition) is 9. The minimum Gasteiger partial charge on any atom is -0.481 e. The van der Waals surface area contributed by atoms with Crippen molar-refractivity contribution in [2.24, 2.45) is 0 Å². The second-order valence-electron chi connectivity index (χ2n) is 32.1. The predicted octanol–water partition coefficient (Wildman–Crippen LogP) is 12.7. The molecule has 0 aliphatic carbocycles. The summed E-state index contributed by atoms with van der Waals surface area (Å²) in [5, 5.41) is 53.6. The lowest BCUT2D eigenvalue weighted by Gasteiger charge is -2.20. The van der Waals surface area contributed by atoms with Gasteiger partial charge in [0.1, 0.15) is 25.5 Å². The largest absolute Gasteiger partial charge is 0.481 e. The van der Waals surface area contributed by atoms with Gasteiger partial charge >= 0.3 is 11.9 Å². The first-order chi connectivity index (χ1) is 62.1. The van der Waals surface area contributed by atoms with Crippen LogP contribution in [0.3, 0.4) is 0 Å². The standard InChI is InChI=1S/C29H54N2O8.C25H48N6O5S.C22H41N5O4S.C9H17NO4.C5H10O2/c1-2-38-23-24-39-22-20-30-26(32)19-21-31(25-29(36)37)27(33)17-15-13-11-9-7-5-3-4-6-8-10-12-14-16-18-28(34)35;1-2-36-21-20-26-24(32)19-16-22-37(34,35)29-25(33)18-15-13-11-9-7-5-3-4-6-8-10-12-14-17-23-27-30-31-28-23;1-20(28)16-15-19-32(30,31)25-22(29)18-14-12-10-8-6-4-2-3-5-7-9-11-13-17-21-23-26-27-24-21;1-8(11)7-14-6-5-13-4-3-10-9(2)12;1-3-7-4-5(2)6/h2-25H2,1H3,(H,30,32)(H,34,35)(H,36,37);2-22H2,1H3,(H,26,32)(H,29,33)(H,27,28,30,31);2-19H2,1H3,(H,25,29)(H,23,24,26,27);3-7H2,1-2H3,(H,10,12);3-4H2,1-2H3. The second-order valence-corrected chi connectivity index (χ2v) is 35.8. The lowest BCUT2D eigenvalue weighted by molar-refractivity contribution is -0.145. The van der Waals surface area contributed by atoms with Crippen LogP contribution in [0.5, 0.6) is 0 Å². The molecule has 9 N–H and O–H groups in total. The molecule has 0 atom stereocenters. The number of H-pyrrole nitrogens is 2. The Hall–Kier alpha value is -7.43. The molecule has 2 aromatic heterocycles. The maximum atomic E-state index is 12.5. The number of aromatic amines is 2. The number of unbranched alkanes of at least 4 members (excludes halogenated alkanes) is 37. The molecule has 0 saturated heterocycles. The Morgan fingerprint density at radius 1 is 0.326 bits per heavy atom. The minimum absolute atomic E-state index is 0.00301. The quantitative estimate of drug-likeness (QED) is 0.0278. The smallest absolute Gasteiger partial charge is 0.323 e. The van der Waals surface area contributed by atoms with E-state index in [0.29, 0.717) is 105 Å². The predicted molar refractivity (Wildman–Crippen MR) is 496 cm³/mol. The molecule has 39 heteroatoms. The molecule has 0 radical (unpaired) electrons. The first kappa shape index (κ1) is 126. The molecule has 2 heterocycles. The molecule has 6 amide bonds. The Kier molecular flexibility index (Phi) is 91.4. The molecule has 0 fully saturated rings. The Balaban J connectivity index is -0.00000166. The number of aliphatic carboxylic acids is 2. The van der Waals surface area contributed by atoms with Crippen LogP contribution in [-0.4, -0.2) is 261 Å². The van der Waals surface area contributed by atoms with Crippen LogP contribution >= 0.6 is 0 Å². The van der Waals surface area contributed by atoms with E-state index in [0.717, 1.165) is 114 Å². The molecule has 0 unspecified atom stereocenters. The van der Waals surface area contributed by atoms with Crippen molar-refractivity contribution in [3.05, 3.63) is 11.6 Å². The van der Waals surface area contributed by atoms with Crippen molar-refractivity contribution in [3.8, 4) is 0 Å². The first-order valence-corrected chi connectivity index (χ1v) is 51.3. The lowest BCUT2D eigenvalue weighted by atomic mass is 10.0. The van der Waals surface area contributed by atoms with Gasteiger partial charge in [-0.3, -0.25) is 57.4 Å². The zero-order chi connectivity index (χ0) is 96.0. The number of ether oxygens (including phenoxy) is 6. The van der Waals surface area contributed by atoms with Crippen LogP contribution in [0.25, 0.3) is 0 Å². The molecule has 0 spiro atoms. The van der Waals surface area contributed by atoms with E-state index >= 15 is 0 Å². The number of rotatable bonds is 86. The molecule has 37 nitrogen and oxygen atoms in total. The van der Waals surface area contributed by atoms with Gasteiger partial charge in [-0.1, -0.05) is 229 Å². The fourth-order valence-corrected chi connectivity index (χ4v) is 15.0. The molecular weight excluding hydrogens is 1710 g/mol. The maximum absolute atomic E-state index is 12.5. The molecule has 0 aliphatic heterocycles. The Bertz CT molecular complexity index is 3270. The fourth-order valence-electron chi connectivity index (χ4n) is 12.8. The third kappa shape index (κ3) is 103. The third-order valence-electron chi connectivity index (χ3n) is 19.7. The summed E-state index contributed by atoms with van der Waals surface area (Å²) in [4.78, 5) is 125. The topological polar surface area (TPSA) is 524 Å². The summed E-state index contributed by atoms with van der Waals surface area (Å²) < 4.78 is 82.2. The van der Waals surface area contributed by atoms with Gasteiger partial charge in [-0.25, -0.2) is 16.8 Å². The normalized spacial score (nSPS) is 11.0. The molecule has 129 heavy (non-hydrogen) atoms. The van der Waals surface area contributed by atoms with E-state index in [1.165, 1.54) is 187 Å². The Morgan fingerprint density at radius 2 is 0.636 bits per heavy atom. The van der Waals surface area contributed by atoms with Gasteiger partial charge in [0.25, 0.3) is 0 Å². The van der Waals surface area contributed by atoms with E-state index in [9.17, 15) is 69.6 Å².